The maximum atomic E-state index is 11.5. The predicted octanol–water partition coefficient (Wildman–Crippen LogP) is 4.18. The minimum Gasteiger partial charge on any atom is -0.463 e. The molecule has 1 N–H and O–H groups in total. The highest BCUT2D eigenvalue weighted by Crippen LogP contribution is 2.13. The first-order valence-corrected chi connectivity index (χ1v) is 7.48. The molecule has 0 fully saturated rings. The molecule has 0 radical (unpaired) electrons. The van der Waals surface area contributed by atoms with Crippen LogP contribution >= 0.6 is 11.6 Å². The maximum Gasteiger partial charge on any atom is 0.411 e. The van der Waals surface area contributed by atoms with Gasteiger partial charge in [-0.25, -0.2) is 9.59 Å². The summed E-state index contributed by atoms with van der Waals surface area (Å²) in [6.07, 6.45) is 4.03. The lowest BCUT2D eigenvalue weighted by atomic mass is 10.2. The van der Waals surface area contributed by atoms with Gasteiger partial charge in [0.15, 0.2) is 0 Å². The van der Waals surface area contributed by atoms with Crippen LogP contribution in [-0.4, -0.2) is 25.3 Å². The Hall–Kier alpha value is -2.01. The molecule has 5 nitrogen and oxygen atoms in total. The van der Waals surface area contributed by atoms with Crippen LogP contribution in [0.1, 0.15) is 25.7 Å². The molecule has 0 bridgehead atoms. The number of halogens is 1. The van der Waals surface area contributed by atoms with Gasteiger partial charge >= 0.3 is 12.1 Å². The second-order valence-electron chi connectivity index (χ2n) is 4.55. The number of ether oxygens (including phenoxy) is 2. The molecular weight excluding hydrogens is 306 g/mol. The van der Waals surface area contributed by atoms with E-state index in [1.54, 1.807) is 24.3 Å². The van der Waals surface area contributed by atoms with E-state index in [1.165, 1.54) is 0 Å². The van der Waals surface area contributed by atoms with Crippen LogP contribution in [0.3, 0.4) is 0 Å². The molecule has 1 aromatic carbocycles. The molecule has 0 aromatic heterocycles. The Balaban J connectivity index is 2.00. The lowest BCUT2D eigenvalue weighted by molar-refractivity contribution is -0.137. The average Bonchev–Trinajstić information content (AvgIpc) is 2.51. The largest absolute Gasteiger partial charge is 0.463 e. The van der Waals surface area contributed by atoms with Crippen LogP contribution in [-0.2, 0) is 14.3 Å². The Bertz CT molecular complexity index is 487. The first-order chi connectivity index (χ1) is 10.6. The van der Waals surface area contributed by atoms with Crippen LogP contribution < -0.4 is 5.32 Å². The molecule has 1 amide bonds. The number of nitrogens with one attached hydrogen (secondary N) is 1. The van der Waals surface area contributed by atoms with Crippen molar-refractivity contribution in [3.05, 3.63) is 41.9 Å². The summed E-state index contributed by atoms with van der Waals surface area (Å²) in [5.41, 5.74) is 0.637. The van der Waals surface area contributed by atoms with Crippen LogP contribution in [0.15, 0.2) is 36.9 Å². The van der Waals surface area contributed by atoms with Crippen LogP contribution in [0.4, 0.5) is 10.5 Å². The summed E-state index contributed by atoms with van der Waals surface area (Å²) >= 11 is 5.75. The summed E-state index contributed by atoms with van der Waals surface area (Å²) in [6, 6.07) is 6.79. The zero-order valence-electron chi connectivity index (χ0n) is 12.3. The van der Waals surface area contributed by atoms with Gasteiger partial charge in [0, 0.05) is 16.8 Å². The second kappa shape index (κ2) is 10.7. The predicted molar refractivity (Wildman–Crippen MR) is 86.0 cm³/mol. The van der Waals surface area contributed by atoms with Gasteiger partial charge in [-0.05, 0) is 49.9 Å². The second-order valence-corrected chi connectivity index (χ2v) is 4.99. The highest BCUT2D eigenvalue weighted by Gasteiger charge is 2.02. The molecular formula is C16H20ClNO4. The van der Waals surface area contributed by atoms with E-state index in [2.05, 4.69) is 11.9 Å². The SMILES string of the molecule is C=CC(=O)OCCCCCCOC(=O)Nc1ccc(Cl)cc1. The van der Waals surface area contributed by atoms with Crippen molar-refractivity contribution in [1.82, 2.24) is 0 Å². The Labute approximate surface area is 135 Å². The standard InChI is InChI=1S/C16H20ClNO4/c1-2-15(19)21-11-5-3-4-6-12-22-16(20)18-14-9-7-13(17)8-10-14/h2,7-10H,1,3-6,11-12H2,(H,18,20). The van der Waals surface area contributed by atoms with E-state index < -0.39 is 12.1 Å². The molecule has 120 valence electrons. The summed E-state index contributed by atoms with van der Waals surface area (Å²) < 4.78 is 9.91. The molecule has 1 rings (SSSR count). The monoisotopic (exact) mass is 325 g/mol. The minimum absolute atomic E-state index is 0.353. The smallest absolute Gasteiger partial charge is 0.411 e. The third-order valence-corrected chi connectivity index (χ3v) is 3.03. The highest BCUT2D eigenvalue weighted by atomic mass is 35.5. The van der Waals surface area contributed by atoms with E-state index in [9.17, 15) is 9.59 Å². The zero-order chi connectivity index (χ0) is 16.2. The number of amides is 1. The average molecular weight is 326 g/mol. The van der Waals surface area contributed by atoms with Gasteiger partial charge in [0.25, 0.3) is 0 Å². The minimum atomic E-state index is -0.484. The third-order valence-electron chi connectivity index (χ3n) is 2.77. The Morgan fingerprint density at radius 3 is 2.23 bits per heavy atom. The van der Waals surface area contributed by atoms with Crippen molar-refractivity contribution >= 4 is 29.4 Å². The number of rotatable bonds is 9. The number of hydrogen-bond acceptors (Lipinski definition) is 4. The van der Waals surface area contributed by atoms with Crippen molar-refractivity contribution < 1.29 is 19.1 Å². The summed E-state index contributed by atoms with van der Waals surface area (Å²) in [4.78, 5) is 22.3. The summed E-state index contributed by atoms with van der Waals surface area (Å²) in [5.74, 6) is -0.401. The van der Waals surface area contributed by atoms with Gasteiger partial charge in [-0.1, -0.05) is 18.2 Å². The molecule has 0 aliphatic heterocycles. The van der Waals surface area contributed by atoms with E-state index >= 15 is 0 Å². The van der Waals surface area contributed by atoms with Gasteiger partial charge < -0.3 is 9.47 Å². The van der Waals surface area contributed by atoms with Crippen molar-refractivity contribution in [3.63, 3.8) is 0 Å². The van der Waals surface area contributed by atoms with Crippen LogP contribution in [0.5, 0.6) is 0 Å². The number of carbonyl (C=O) groups is 2. The molecule has 0 atom stereocenters. The number of esters is 1. The lowest BCUT2D eigenvalue weighted by Crippen LogP contribution is -2.14. The van der Waals surface area contributed by atoms with Crippen LogP contribution in [0.2, 0.25) is 5.02 Å². The quantitative estimate of drug-likeness (QED) is 0.420. The molecule has 0 aliphatic carbocycles. The van der Waals surface area contributed by atoms with E-state index in [0.717, 1.165) is 31.8 Å². The first kappa shape index (κ1) is 18.0. The molecule has 0 spiro atoms. The van der Waals surface area contributed by atoms with E-state index in [0.29, 0.717) is 23.9 Å². The van der Waals surface area contributed by atoms with Gasteiger partial charge in [-0.3, -0.25) is 5.32 Å². The van der Waals surface area contributed by atoms with Crippen LogP contribution in [0.25, 0.3) is 0 Å². The number of benzene rings is 1. The zero-order valence-corrected chi connectivity index (χ0v) is 13.1. The molecule has 22 heavy (non-hydrogen) atoms. The highest BCUT2D eigenvalue weighted by molar-refractivity contribution is 6.30. The Morgan fingerprint density at radius 2 is 1.64 bits per heavy atom. The van der Waals surface area contributed by atoms with Crippen molar-refractivity contribution in [1.29, 1.82) is 0 Å². The van der Waals surface area contributed by atoms with Crippen LogP contribution in [0, 0.1) is 0 Å². The topological polar surface area (TPSA) is 64.6 Å². The Morgan fingerprint density at radius 1 is 1.05 bits per heavy atom. The number of carbonyl (C=O) groups excluding carboxylic acids is 2. The fraction of sp³-hybridized carbons (Fsp3) is 0.375. The number of anilines is 1. The van der Waals surface area contributed by atoms with Crippen molar-refractivity contribution in [2.75, 3.05) is 18.5 Å². The number of unbranched alkanes of at least 4 members (excludes halogenated alkanes) is 3. The van der Waals surface area contributed by atoms with E-state index in [4.69, 9.17) is 21.1 Å². The molecule has 6 heteroatoms. The fourth-order valence-electron chi connectivity index (χ4n) is 1.64. The lowest BCUT2D eigenvalue weighted by Gasteiger charge is -2.07. The van der Waals surface area contributed by atoms with Gasteiger partial charge in [-0.15, -0.1) is 0 Å². The summed E-state index contributed by atoms with van der Waals surface area (Å²) in [7, 11) is 0. The molecule has 0 saturated carbocycles. The summed E-state index contributed by atoms with van der Waals surface area (Å²) in [5, 5.41) is 3.22. The molecule has 0 heterocycles. The molecule has 0 saturated heterocycles. The number of hydrogen-bond donors (Lipinski definition) is 1. The van der Waals surface area contributed by atoms with Gasteiger partial charge in [0.05, 0.1) is 13.2 Å². The van der Waals surface area contributed by atoms with E-state index in [-0.39, 0.29) is 0 Å². The molecule has 0 unspecified atom stereocenters. The molecule has 1 aromatic rings. The normalized spacial score (nSPS) is 9.86. The first-order valence-electron chi connectivity index (χ1n) is 7.10. The van der Waals surface area contributed by atoms with Crippen molar-refractivity contribution in [3.8, 4) is 0 Å². The summed E-state index contributed by atoms with van der Waals surface area (Å²) in [6.45, 7) is 4.06. The third kappa shape index (κ3) is 8.32. The molecule has 0 aliphatic rings. The van der Waals surface area contributed by atoms with E-state index in [1.807, 2.05) is 0 Å². The van der Waals surface area contributed by atoms with Gasteiger partial charge in [0.2, 0.25) is 0 Å². The Kier molecular flexibility index (Phi) is 8.76. The van der Waals surface area contributed by atoms with Gasteiger partial charge in [0.1, 0.15) is 0 Å². The van der Waals surface area contributed by atoms with Gasteiger partial charge in [-0.2, -0.15) is 0 Å². The maximum absolute atomic E-state index is 11.5. The van der Waals surface area contributed by atoms with Crippen molar-refractivity contribution in [2.45, 2.75) is 25.7 Å². The fourth-order valence-corrected chi connectivity index (χ4v) is 1.77. The van der Waals surface area contributed by atoms with Crippen molar-refractivity contribution in [2.24, 2.45) is 0 Å².